The number of hydrogen-bond acceptors (Lipinski definition) is 4. The minimum atomic E-state index is 0.0192. The lowest BCUT2D eigenvalue weighted by Gasteiger charge is -2.15. The summed E-state index contributed by atoms with van der Waals surface area (Å²) >= 11 is 0. The molecular formula is C15H23N3O2. The summed E-state index contributed by atoms with van der Waals surface area (Å²) in [5.41, 5.74) is 6.39. The van der Waals surface area contributed by atoms with Gasteiger partial charge < -0.3 is 20.7 Å². The predicted octanol–water partition coefficient (Wildman–Crippen LogP) is 1.30. The topological polar surface area (TPSA) is 67.6 Å². The van der Waals surface area contributed by atoms with Crippen molar-refractivity contribution < 1.29 is 9.53 Å². The Labute approximate surface area is 120 Å². The van der Waals surface area contributed by atoms with Gasteiger partial charge in [0, 0.05) is 19.5 Å². The van der Waals surface area contributed by atoms with Crippen LogP contribution in [0.2, 0.25) is 0 Å². The van der Waals surface area contributed by atoms with Crippen molar-refractivity contribution in [1.29, 1.82) is 0 Å². The van der Waals surface area contributed by atoms with Gasteiger partial charge in [0.05, 0.1) is 12.8 Å². The molecule has 20 heavy (non-hydrogen) atoms. The number of methoxy groups -OCH3 is 1. The fourth-order valence-corrected chi connectivity index (χ4v) is 2.53. The Morgan fingerprint density at radius 2 is 2.30 bits per heavy atom. The molecule has 1 aliphatic heterocycles. The van der Waals surface area contributed by atoms with E-state index in [1.807, 2.05) is 24.3 Å². The van der Waals surface area contributed by atoms with Crippen molar-refractivity contribution in [1.82, 2.24) is 4.90 Å². The lowest BCUT2D eigenvalue weighted by molar-refractivity contribution is -0.116. The van der Waals surface area contributed by atoms with E-state index in [4.69, 9.17) is 10.5 Å². The van der Waals surface area contributed by atoms with E-state index in [0.29, 0.717) is 18.1 Å². The van der Waals surface area contributed by atoms with E-state index in [2.05, 4.69) is 10.2 Å². The van der Waals surface area contributed by atoms with Crippen LogP contribution in [0.25, 0.3) is 0 Å². The fraction of sp³-hybridized carbons (Fsp3) is 0.533. The molecule has 1 unspecified atom stereocenters. The maximum absolute atomic E-state index is 12.0. The number of amides is 1. The molecule has 0 spiro atoms. The third-order valence-electron chi connectivity index (χ3n) is 3.74. The minimum absolute atomic E-state index is 0.0192. The first-order valence-corrected chi connectivity index (χ1v) is 7.08. The number of rotatable bonds is 6. The number of likely N-dealkylation sites (tertiary alicyclic amines) is 1. The number of nitrogens with one attached hydrogen (secondary N) is 1. The Hall–Kier alpha value is -1.59. The van der Waals surface area contributed by atoms with Crippen LogP contribution in [0.3, 0.4) is 0 Å². The highest BCUT2D eigenvalue weighted by Gasteiger charge is 2.21. The van der Waals surface area contributed by atoms with Crippen LogP contribution in [-0.4, -0.2) is 44.1 Å². The van der Waals surface area contributed by atoms with Crippen molar-refractivity contribution in [3.63, 3.8) is 0 Å². The molecule has 1 atom stereocenters. The van der Waals surface area contributed by atoms with E-state index in [-0.39, 0.29) is 5.91 Å². The summed E-state index contributed by atoms with van der Waals surface area (Å²) in [7, 11) is 1.60. The average molecular weight is 277 g/mol. The summed E-state index contributed by atoms with van der Waals surface area (Å²) in [6.45, 7) is 3.59. The number of nitrogens with zero attached hydrogens (tertiary/aromatic N) is 1. The van der Waals surface area contributed by atoms with Crippen LogP contribution in [0.5, 0.6) is 5.75 Å². The summed E-state index contributed by atoms with van der Waals surface area (Å²) < 4.78 is 5.21. The second-order valence-electron chi connectivity index (χ2n) is 5.19. The highest BCUT2D eigenvalue weighted by molar-refractivity contribution is 5.92. The number of carbonyl (C=O) groups excluding carboxylic acids is 1. The Morgan fingerprint density at radius 3 is 3.00 bits per heavy atom. The van der Waals surface area contributed by atoms with Gasteiger partial charge in [-0.2, -0.15) is 0 Å². The number of hydrogen-bond donors (Lipinski definition) is 2. The van der Waals surface area contributed by atoms with E-state index < -0.39 is 0 Å². The summed E-state index contributed by atoms with van der Waals surface area (Å²) in [5.74, 6) is 1.29. The van der Waals surface area contributed by atoms with Crippen molar-refractivity contribution in [3.05, 3.63) is 24.3 Å². The molecule has 0 aromatic heterocycles. The van der Waals surface area contributed by atoms with Gasteiger partial charge in [0.15, 0.2) is 0 Å². The van der Waals surface area contributed by atoms with Crippen LogP contribution in [0.15, 0.2) is 24.3 Å². The minimum Gasteiger partial charge on any atom is -0.495 e. The Bertz CT molecular complexity index is 450. The molecule has 5 nitrogen and oxygen atoms in total. The van der Waals surface area contributed by atoms with Crippen molar-refractivity contribution in [3.8, 4) is 5.75 Å². The van der Waals surface area contributed by atoms with Gasteiger partial charge in [-0.3, -0.25) is 4.79 Å². The number of ether oxygens (including phenoxy) is 1. The first-order valence-electron chi connectivity index (χ1n) is 7.08. The largest absolute Gasteiger partial charge is 0.495 e. The second-order valence-corrected chi connectivity index (χ2v) is 5.19. The molecule has 1 aromatic carbocycles. The van der Waals surface area contributed by atoms with E-state index in [9.17, 15) is 4.79 Å². The van der Waals surface area contributed by atoms with Crippen LogP contribution in [-0.2, 0) is 4.79 Å². The van der Waals surface area contributed by atoms with Gasteiger partial charge in [0.1, 0.15) is 5.75 Å². The quantitative estimate of drug-likeness (QED) is 0.822. The van der Waals surface area contributed by atoms with Crippen molar-refractivity contribution in [2.24, 2.45) is 11.7 Å². The number of benzene rings is 1. The van der Waals surface area contributed by atoms with E-state index in [1.54, 1.807) is 7.11 Å². The zero-order valence-corrected chi connectivity index (χ0v) is 12.0. The summed E-state index contributed by atoms with van der Waals surface area (Å²) in [5, 5.41) is 2.90. The monoisotopic (exact) mass is 277 g/mol. The van der Waals surface area contributed by atoms with E-state index in [0.717, 1.165) is 38.3 Å². The third-order valence-corrected chi connectivity index (χ3v) is 3.74. The number of nitrogens with two attached hydrogens (primary N) is 1. The number of anilines is 1. The lowest BCUT2D eigenvalue weighted by atomic mass is 10.1. The van der Waals surface area contributed by atoms with Gasteiger partial charge in [0.2, 0.25) is 5.91 Å². The molecule has 2 rings (SSSR count). The second kappa shape index (κ2) is 7.26. The smallest absolute Gasteiger partial charge is 0.225 e. The van der Waals surface area contributed by atoms with Gasteiger partial charge in [-0.05, 0) is 37.6 Å². The number of para-hydroxylation sites is 2. The highest BCUT2D eigenvalue weighted by atomic mass is 16.5. The van der Waals surface area contributed by atoms with Crippen molar-refractivity contribution in [2.45, 2.75) is 12.8 Å². The Balaban J connectivity index is 1.78. The summed E-state index contributed by atoms with van der Waals surface area (Å²) in [4.78, 5) is 14.3. The molecule has 1 amide bonds. The number of carbonyl (C=O) groups is 1. The standard InChI is InChI=1S/C15H23N3O2/c1-20-14-5-3-2-4-13(14)17-15(19)7-9-18-8-6-12(10-16)11-18/h2-5,12H,6-11,16H2,1H3,(H,17,19). The van der Waals surface area contributed by atoms with Gasteiger partial charge >= 0.3 is 0 Å². The molecule has 0 saturated carbocycles. The van der Waals surface area contributed by atoms with Gasteiger partial charge in [0.25, 0.3) is 0 Å². The highest BCUT2D eigenvalue weighted by Crippen LogP contribution is 2.23. The van der Waals surface area contributed by atoms with Crippen LogP contribution < -0.4 is 15.8 Å². The Morgan fingerprint density at radius 1 is 1.50 bits per heavy atom. The zero-order valence-electron chi connectivity index (χ0n) is 12.0. The molecule has 0 radical (unpaired) electrons. The average Bonchev–Trinajstić information content (AvgIpc) is 2.94. The molecular weight excluding hydrogens is 254 g/mol. The SMILES string of the molecule is COc1ccccc1NC(=O)CCN1CCC(CN)C1. The fourth-order valence-electron chi connectivity index (χ4n) is 2.53. The Kier molecular flexibility index (Phi) is 5.38. The molecule has 110 valence electrons. The molecule has 5 heteroatoms. The van der Waals surface area contributed by atoms with Gasteiger partial charge in [-0.25, -0.2) is 0 Å². The maximum Gasteiger partial charge on any atom is 0.225 e. The van der Waals surface area contributed by atoms with E-state index >= 15 is 0 Å². The maximum atomic E-state index is 12.0. The zero-order chi connectivity index (χ0) is 14.4. The van der Waals surface area contributed by atoms with Crippen molar-refractivity contribution >= 4 is 11.6 Å². The molecule has 1 aromatic rings. The van der Waals surface area contributed by atoms with Crippen LogP contribution >= 0.6 is 0 Å². The normalized spacial score (nSPS) is 19.0. The van der Waals surface area contributed by atoms with Gasteiger partial charge in [-0.15, -0.1) is 0 Å². The van der Waals surface area contributed by atoms with E-state index in [1.165, 1.54) is 0 Å². The molecule has 1 saturated heterocycles. The van der Waals surface area contributed by atoms with Gasteiger partial charge in [-0.1, -0.05) is 12.1 Å². The first kappa shape index (κ1) is 14.8. The molecule has 1 aliphatic rings. The molecule has 1 heterocycles. The van der Waals surface area contributed by atoms with Crippen LogP contribution in [0, 0.1) is 5.92 Å². The summed E-state index contributed by atoms with van der Waals surface area (Å²) in [6, 6.07) is 7.44. The van der Waals surface area contributed by atoms with Crippen LogP contribution in [0.4, 0.5) is 5.69 Å². The molecule has 0 bridgehead atoms. The lowest BCUT2D eigenvalue weighted by Crippen LogP contribution is -2.27. The van der Waals surface area contributed by atoms with Crippen LogP contribution in [0.1, 0.15) is 12.8 Å². The molecule has 1 fully saturated rings. The van der Waals surface area contributed by atoms with Crippen molar-refractivity contribution in [2.75, 3.05) is 38.6 Å². The first-order chi connectivity index (χ1) is 9.72. The third kappa shape index (κ3) is 3.95. The molecule has 0 aliphatic carbocycles. The predicted molar refractivity (Wildman–Crippen MR) is 79.8 cm³/mol. The summed E-state index contributed by atoms with van der Waals surface area (Å²) in [6.07, 6.45) is 1.64. The molecule has 3 N–H and O–H groups in total.